The molecule has 0 saturated carbocycles. The molecule has 1 aromatic rings. The van der Waals surface area contributed by atoms with E-state index in [4.69, 9.17) is 16.3 Å². The number of hydrogen-bond acceptors (Lipinski definition) is 3. The molecule has 106 valence electrons. The van der Waals surface area contributed by atoms with E-state index in [1.807, 2.05) is 32.0 Å². The van der Waals surface area contributed by atoms with Gasteiger partial charge in [-0.05, 0) is 24.0 Å². The van der Waals surface area contributed by atoms with Crippen LogP contribution in [-0.2, 0) is 27.2 Å². The van der Waals surface area contributed by atoms with Gasteiger partial charge in [-0.15, -0.1) is 0 Å². The van der Waals surface area contributed by atoms with Crippen molar-refractivity contribution in [2.45, 2.75) is 26.7 Å². The van der Waals surface area contributed by atoms with Crippen molar-refractivity contribution in [2.75, 3.05) is 12.0 Å². The first-order valence-corrected chi connectivity index (χ1v) is 6.87. The second-order valence-corrected chi connectivity index (χ2v) is 4.80. The van der Waals surface area contributed by atoms with Crippen LogP contribution in [0.5, 0.6) is 0 Å². The Labute approximate surface area is 123 Å². The van der Waals surface area contributed by atoms with Gasteiger partial charge in [0.05, 0.1) is 12.8 Å². The highest BCUT2D eigenvalue weighted by Gasteiger charge is 2.41. The molecule has 1 aliphatic heterocycles. The van der Waals surface area contributed by atoms with Crippen molar-refractivity contribution < 1.29 is 14.3 Å². The number of halogens is 1. The van der Waals surface area contributed by atoms with E-state index < -0.39 is 11.8 Å². The van der Waals surface area contributed by atoms with Crippen LogP contribution in [0.15, 0.2) is 29.0 Å². The molecule has 0 unspecified atom stereocenters. The average Bonchev–Trinajstić information content (AvgIpc) is 2.68. The molecule has 0 bridgehead atoms. The second kappa shape index (κ2) is 5.67. The van der Waals surface area contributed by atoms with Gasteiger partial charge < -0.3 is 4.74 Å². The van der Waals surface area contributed by atoms with E-state index in [1.165, 1.54) is 7.11 Å². The average molecular weight is 294 g/mol. The van der Waals surface area contributed by atoms with Gasteiger partial charge in [-0.2, -0.15) is 0 Å². The first kappa shape index (κ1) is 14.6. The van der Waals surface area contributed by atoms with Gasteiger partial charge in [-0.25, -0.2) is 4.90 Å². The van der Waals surface area contributed by atoms with Crippen LogP contribution in [0.2, 0.25) is 0 Å². The smallest absolute Gasteiger partial charge is 0.302 e. The van der Waals surface area contributed by atoms with Crippen LogP contribution >= 0.6 is 11.6 Å². The molecule has 0 N–H and O–H groups in total. The highest BCUT2D eigenvalue weighted by atomic mass is 35.5. The van der Waals surface area contributed by atoms with Gasteiger partial charge in [0.15, 0.2) is 5.03 Å². The number of anilines is 1. The predicted octanol–water partition coefficient (Wildman–Crippen LogP) is 2.78. The number of carbonyl (C=O) groups excluding carboxylic acids is 2. The van der Waals surface area contributed by atoms with Crippen LogP contribution in [0, 0.1) is 0 Å². The second-order valence-electron chi connectivity index (χ2n) is 4.42. The Morgan fingerprint density at radius 3 is 2.05 bits per heavy atom. The molecule has 0 aromatic heterocycles. The van der Waals surface area contributed by atoms with Crippen LogP contribution in [0.3, 0.4) is 0 Å². The molecule has 1 heterocycles. The molecule has 0 aliphatic carbocycles. The third kappa shape index (κ3) is 2.10. The predicted molar refractivity (Wildman–Crippen MR) is 77.6 cm³/mol. The summed E-state index contributed by atoms with van der Waals surface area (Å²) in [6.07, 6.45) is 1.44. The molecule has 4 nitrogen and oxygen atoms in total. The zero-order chi connectivity index (χ0) is 14.9. The number of aryl methyl sites for hydroxylation is 2. The molecule has 20 heavy (non-hydrogen) atoms. The normalized spacial score (nSPS) is 15.3. The lowest BCUT2D eigenvalue weighted by Crippen LogP contribution is -2.33. The largest absolute Gasteiger partial charge is 0.490 e. The number of nitrogens with zero attached hydrogens (tertiary/aromatic N) is 1. The van der Waals surface area contributed by atoms with Crippen LogP contribution in [0.1, 0.15) is 25.0 Å². The summed E-state index contributed by atoms with van der Waals surface area (Å²) in [5.74, 6) is -1.12. The number of hydrogen-bond donors (Lipinski definition) is 0. The Balaban J connectivity index is 2.59. The van der Waals surface area contributed by atoms with Crippen molar-refractivity contribution in [3.8, 4) is 0 Å². The van der Waals surface area contributed by atoms with E-state index in [-0.39, 0.29) is 10.8 Å². The van der Waals surface area contributed by atoms with Crippen molar-refractivity contribution in [3.05, 3.63) is 40.1 Å². The van der Waals surface area contributed by atoms with E-state index in [0.717, 1.165) is 28.9 Å². The summed E-state index contributed by atoms with van der Waals surface area (Å²) >= 11 is 5.90. The molecule has 2 amide bonds. The first-order chi connectivity index (χ1) is 9.56. The van der Waals surface area contributed by atoms with E-state index in [0.29, 0.717) is 5.69 Å². The van der Waals surface area contributed by atoms with E-state index in [2.05, 4.69) is 0 Å². The van der Waals surface area contributed by atoms with Crippen molar-refractivity contribution >= 4 is 29.1 Å². The zero-order valence-electron chi connectivity index (χ0n) is 11.7. The SMILES string of the molecule is CCc1cccc(CC)c1N1C(=O)C(Cl)=C(OC)C1=O. The third-order valence-corrected chi connectivity index (χ3v) is 3.71. The Morgan fingerprint density at radius 2 is 1.65 bits per heavy atom. The highest BCUT2D eigenvalue weighted by Crippen LogP contribution is 2.34. The number of benzene rings is 1. The minimum Gasteiger partial charge on any atom is -0.490 e. The zero-order valence-corrected chi connectivity index (χ0v) is 12.5. The summed E-state index contributed by atoms with van der Waals surface area (Å²) in [6, 6.07) is 5.75. The van der Waals surface area contributed by atoms with Crippen LogP contribution in [0.4, 0.5) is 5.69 Å². The molecule has 2 rings (SSSR count). The summed E-state index contributed by atoms with van der Waals surface area (Å²) in [5, 5.41) is -0.162. The van der Waals surface area contributed by atoms with Crippen molar-refractivity contribution in [1.82, 2.24) is 0 Å². The summed E-state index contributed by atoms with van der Waals surface area (Å²) in [6.45, 7) is 3.96. The summed E-state index contributed by atoms with van der Waals surface area (Å²) < 4.78 is 4.94. The topological polar surface area (TPSA) is 46.6 Å². The number of carbonyl (C=O) groups is 2. The highest BCUT2D eigenvalue weighted by molar-refractivity contribution is 6.52. The lowest BCUT2D eigenvalue weighted by atomic mass is 10.0. The van der Waals surface area contributed by atoms with Crippen LogP contribution < -0.4 is 4.90 Å². The minimum atomic E-state index is -0.524. The number of imide groups is 1. The fourth-order valence-electron chi connectivity index (χ4n) is 2.37. The first-order valence-electron chi connectivity index (χ1n) is 6.50. The summed E-state index contributed by atoms with van der Waals surface area (Å²) in [7, 11) is 1.33. The summed E-state index contributed by atoms with van der Waals surface area (Å²) in [4.78, 5) is 25.7. The molecule has 1 aromatic carbocycles. The lowest BCUT2D eigenvalue weighted by Gasteiger charge is -2.21. The number of rotatable bonds is 4. The maximum absolute atomic E-state index is 12.3. The fraction of sp³-hybridized carbons (Fsp3) is 0.333. The third-order valence-electron chi connectivity index (χ3n) is 3.38. The van der Waals surface area contributed by atoms with Crippen LogP contribution in [-0.4, -0.2) is 18.9 Å². The fourth-order valence-corrected chi connectivity index (χ4v) is 2.61. The van der Waals surface area contributed by atoms with Gasteiger partial charge in [-0.1, -0.05) is 43.6 Å². The maximum atomic E-state index is 12.3. The van der Waals surface area contributed by atoms with E-state index >= 15 is 0 Å². The van der Waals surface area contributed by atoms with E-state index in [9.17, 15) is 9.59 Å². The lowest BCUT2D eigenvalue weighted by molar-refractivity contribution is -0.121. The maximum Gasteiger partial charge on any atom is 0.302 e. The molecule has 0 fully saturated rings. The summed E-state index contributed by atoms with van der Waals surface area (Å²) in [5.41, 5.74) is 2.51. The van der Waals surface area contributed by atoms with Crippen LogP contribution in [0.25, 0.3) is 0 Å². The van der Waals surface area contributed by atoms with Gasteiger partial charge in [-0.3, -0.25) is 9.59 Å². The van der Waals surface area contributed by atoms with Crippen molar-refractivity contribution in [2.24, 2.45) is 0 Å². The Kier molecular flexibility index (Phi) is 4.14. The molecule has 1 aliphatic rings. The molecule has 0 radical (unpaired) electrons. The van der Waals surface area contributed by atoms with E-state index in [1.54, 1.807) is 0 Å². The number of ether oxygens (including phenoxy) is 1. The molecule has 0 saturated heterocycles. The minimum absolute atomic E-state index is 0.0929. The number of amides is 2. The monoisotopic (exact) mass is 293 g/mol. The Hall–Kier alpha value is -1.81. The van der Waals surface area contributed by atoms with Gasteiger partial charge in [0.2, 0.25) is 5.76 Å². The van der Waals surface area contributed by atoms with Crippen molar-refractivity contribution in [3.63, 3.8) is 0 Å². The van der Waals surface area contributed by atoms with Gasteiger partial charge in [0.1, 0.15) is 0 Å². The van der Waals surface area contributed by atoms with Gasteiger partial charge >= 0.3 is 5.91 Å². The Morgan fingerprint density at radius 1 is 1.10 bits per heavy atom. The standard InChI is InChI=1S/C15H16ClNO3/c1-4-9-7-6-8-10(5-2)12(9)17-14(18)11(16)13(20-3)15(17)19/h6-8H,4-5H2,1-3H3. The molecule has 0 spiro atoms. The molecular weight excluding hydrogens is 278 g/mol. The van der Waals surface area contributed by atoms with Crippen molar-refractivity contribution in [1.29, 1.82) is 0 Å². The van der Waals surface area contributed by atoms with Gasteiger partial charge in [0.25, 0.3) is 5.91 Å². The molecule has 5 heteroatoms. The molecular formula is C15H16ClNO3. The Bertz CT molecular complexity index is 585. The number of para-hydroxylation sites is 1. The number of methoxy groups -OCH3 is 1. The molecule has 0 atom stereocenters. The quantitative estimate of drug-likeness (QED) is 0.802. The van der Waals surface area contributed by atoms with Gasteiger partial charge in [0, 0.05) is 0 Å².